The molecule has 2 rings (SSSR count). The maximum Gasteiger partial charge on any atom is 0.251 e. The molecular weight excluding hydrogens is 481 g/mol. The van der Waals surface area contributed by atoms with Crippen molar-refractivity contribution in [3.05, 3.63) is 52.7 Å². The molecule has 1 aromatic carbocycles. The van der Waals surface area contributed by atoms with Gasteiger partial charge < -0.3 is 20.4 Å². The van der Waals surface area contributed by atoms with Crippen molar-refractivity contribution in [3.63, 3.8) is 0 Å². The van der Waals surface area contributed by atoms with Crippen LogP contribution < -0.4 is 16.0 Å². The van der Waals surface area contributed by atoms with E-state index in [1.165, 1.54) is 0 Å². The van der Waals surface area contributed by atoms with Crippen LogP contribution in [0.1, 0.15) is 60.0 Å². The van der Waals surface area contributed by atoms with Crippen LogP contribution in [0.3, 0.4) is 0 Å². The van der Waals surface area contributed by atoms with Gasteiger partial charge in [-0.1, -0.05) is 25.5 Å². The minimum Gasteiger partial charge on any atom is -0.444 e. The van der Waals surface area contributed by atoms with Gasteiger partial charge in [-0.25, -0.2) is 9.98 Å². The van der Waals surface area contributed by atoms with Crippen LogP contribution in [0.25, 0.3) is 0 Å². The van der Waals surface area contributed by atoms with E-state index in [1.807, 2.05) is 45.0 Å². The minimum atomic E-state index is -0.0324. The van der Waals surface area contributed by atoms with E-state index in [4.69, 9.17) is 4.42 Å². The second-order valence-electron chi connectivity index (χ2n) is 6.60. The second-order valence-corrected chi connectivity index (χ2v) is 6.60. The number of nitrogens with one attached hydrogen (secondary N) is 3. The first-order valence-corrected chi connectivity index (χ1v) is 9.85. The molecule has 0 aliphatic rings. The van der Waals surface area contributed by atoms with E-state index in [0.717, 1.165) is 36.4 Å². The molecule has 0 saturated heterocycles. The molecule has 0 aliphatic heterocycles. The molecule has 1 aromatic heterocycles. The Balaban J connectivity index is 0.00000420. The monoisotopic (exact) mass is 513 g/mol. The highest BCUT2D eigenvalue weighted by atomic mass is 127. The molecule has 1 amide bonds. The Bertz CT molecular complexity index is 767. The maximum atomic E-state index is 12.1. The van der Waals surface area contributed by atoms with Crippen LogP contribution in [0.15, 0.2) is 33.7 Å². The Morgan fingerprint density at radius 1 is 1.10 bits per heavy atom. The lowest BCUT2D eigenvalue weighted by Crippen LogP contribution is -2.36. The van der Waals surface area contributed by atoms with Gasteiger partial charge in [-0.15, -0.1) is 24.0 Å². The molecular formula is C21H32IN5O2. The number of rotatable bonds is 9. The molecule has 0 aliphatic carbocycles. The van der Waals surface area contributed by atoms with Crippen LogP contribution in [-0.4, -0.2) is 29.9 Å². The largest absolute Gasteiger partial charge is 0.444 e. The zero-order valence-corrected chi connectivity index (χ0v) is 20.0. The fourth-order valence-corrected chi connectivity index (χ4v) is 2.53. The Labute approximate surface area is 190 Å². The van der Waals surface area contributed by atoms with Crippen molar-refractivity contribution in [3.8, 4) is 0 Å². The molecule has 8 heteroatoms. The summed E-state index contributed by atoms with van der Waals surface area (Å²) < 4.78 is 5.58. The van der Waals surface area contributed by atoms with E-state index in [2.05, 4.69) is 32.9 Å². The van der Waals surface area contributed by atoms with Crippen molar-refractivity contribution in [2.45, 2.75) is 53.6 Å². The average Bonchev–Trinajstić information content (AvgIpc) is 3.02. The highest BCUT2D eigenvalue weighted by molar-refractivity contribution is 14.0. The summed E-state index contributed by atoms with van der Waals surface area (Å²) in [4.78, 5) is 21.0. The van der Waals surface area contributed by atoms with Crippen molar-refractivity contribution >= 4 is 35.8 Å². The number of nitrogens with zero attached hydrogens (tertiary/aromatic N) is 2. The highest BCUT2D eigenvalue weighted by Crippen LogP contribution is 2.08. The first-order valence-electron chi connectivity index (χ1n) is 9.85. The van der Waals surface area contributed by atoms with Gasteiger partial charge in [0, 0.05) is 18.7 Å². The summed E-state index contributed by atoms with van der Waals surface area (Å²) in [6, 6.07) is 7.54. The Morgan fingerprint density at radius 2 is 1.83 bits per heavy atom. The number of aryl methyl sites for hydroxylation is 2. The quantitative estimate of drug-likeness (QED) is 0.206. The van der Waals surface area contributed by atoms with E-state index in [9.17, 15) is 4.79 Å². The molecule has 0 saturated carbocycles. The minimum absolute atomic E-state index is 0. The molecule has 7 nitrogen and oxygen atoms in total. The highest BCUT2D eigenvalue weighted by Gasteiger charge is 2.07. The summed E-state index contributed by atoms with van der Waals surface area (Å²) in [5, 5.41) is 9.36. The zero-order chi connectivity index (χ0) is 20.4. The summed E-state index contributed by atoms with van der Waals surface area (Å²) in [6.45, 7) is 10.4. The summed E-state index contributed by atoms with van der Waals surface area (Å²) in [5.41, 5.74) is 2.60. The predicted octanol–water partition coefficient (Wildman–Crippen LogP) is 3.69. The molecule has 3 N–H and O–H groups in total. The number of carbonyl (C=O) groups excluding carboxylic acids is 1. The molecule has 0 atom stereocenters. The molecule has 2 aromatic rings. The number of aliphatic imine (C=N–C) groups is 1. The molecule has 0 fully saturated rings. The number of unbranched alkanes of at least 4 members (excludes halogenated alkanes) is 1. The van der Waals surface area contributed by atoms with Crippen molar-refractivity contribution in [1.82, 2.24) is 20.9 Å². The number of amides is 1. The number of oxazole rings is 1. The van der Waals surface area contributed by atoms with E-state index in [-0.39, 0.29) is 29.9 Å². The van der Waals surface area contributed by atoms with Gasteiger partial charge in [0.2, 0.25) is 5.89 Å². The van der Waals surface area contributed by atoms with Gasteiger partial charge in [0.15, 0.2) is 5.96 Å². The average molecular weight is 513 g/mol. The van der Waals surface area contributed by atoms with Gasteiger partial charge in [0.1, 0.15) is 5.76 Å². The van der Waals surface area contributed by atoms with Crippen LogP contribution in [-0.2, 0) is 13.1 Å². The first kappa shape index (κ1) is 24.9. The SMILES string of the molecule is CCCCNC(=O)c1ccc(CN=C(NCC)NCc2nc(C)c(C)o2)cc1.I. The second kappa shape index (κ2) is 13.2. The Kier molecular flexibility index (Phi) is 11.3. The smallest absolute Gasteiger partial charge is 0.251 e. The Morgan fingerprint density at radius 3 is 2.41 bits per heavy atom. The lowest BCUT2D eigenvalue weighted by Gasteiger charge is -2.10. The third kappa shape index (κ3) is 8.43. The molecule has 1 heterocycles. The number of benzene rings is 1. The lowest BCUT2D eigenvalue weighted by atomic mass is 10.1. The van der Waals surface area contributed by atoms with Gasteiger partial charge in [-0.2, -0.15) is 0 Å². The number of guanidine groups is 1. The number of halogens is 1. The van der Waals surface area contributed by atoms with Gasteiger partial charge in [-0.05, 0) is 44.9 Å². The van der Waals surface area contributed by atoms with Gasteiger partial charge in [0.25, 0.3) is 5.91 Å². The first-order chi connectivity index (χ1) is 13.5. The van der Waals surface area contributed by atoms with E-state index >= 15 is 0 Å². The number of aromatic nitrogens is 1. The summed E-state index contributed by atoms with van der Waals surface area (Å²) >= 11 is 0. The van der Waals surface area contributed by atoms with Crippen molar-refractivity contribution < 1.29 is 9.21 Å². The van der Waals surface area contributed by atoms with Gasteiger partial charge >= 0.3 is 0 Å². The fourth-order valence-electron chi connectivity index (χ4n) is 2.53. The maximum absolute atomic E-state index is 12.1. The summed E-state index contributed by atoms with van der Waals surface area (Å²) in [7, 11) is 0. The molecule has 29 heavy (non-hydrogen) atoms. The standard InChI is InChI=1S/C21H31N5O2.HI/c1-5-7-12-23-20(27)18-10-8-17(9-11-18)13-24-21(22-6-2)25-14-19-26-15(3)16(4)28-19;/h8-11H,5-7,12-14H2,1-4H3,(H,23,27)(H2,22,24,25);1H. The third-order valence-electron chi connectivity index (χ3n) is 4.28. The van der Waals surface area contributed by atoms with Crippen molar-refractivity contribution in [2.24, 2.45) is 4.99 Å². The van der Waals surface area contributed by atoms with Crippen LogP contribution in [0.2, 0.25) is 0 Å². The van der Waals surface area contributed by atoms with Crippen molar-refractivity contribution in [2.75, 3.05) is 13.1 Å². The van der Waals surface area contributed by atoms with Gasteiger partial charge in [-0.3, -0.25) is 4.79 Å². The lowest BCUT2D eigenvalue weighted by molar-refractivity contribution is 0.0953. The normalized spacial score (nSPS) is 11.0. The fraction of sp³-hybridized carbons (Fsp3) is 0.476. The van der Waals surface area contributed by atoms with E-state index < -0.39 is 0 Å². The molecule has 0 spiro atoms. The molecule has 0 radical (unpaired) electrons. The Hall–Kier alpha value is -2.10. The zero-order valence-electron chi connectivity index (χ0n) is 17.7. The van der Waals surface area contributed by atoms with Crippen LogP contribution in [0.5, 0.6) is 0 Å². The molecule has 160 valence electrons. The molecule has 0 unspecified atom stereocenters. The van der Waals surface area contributed by atoms with Crippen LogP contribution in [0.4, 0.5) is 0 Å². The van der Waals surface area contributed by atoms with E-state index in [1.54, 1.807) is 0 Å². The summed E-state index contributed by atoms with van der Waals surface area (Å²) in [5.74, 6) is 2.13. The van der Waals surface area contributed by atoms with E-state index in [0.29, 0.717) is 37.0 Å². The summed E-state index contributed by atoms with van der Waals surface area (Å²) in [6.07, 6.45) is 2.06. The van der Waals surface area contributed by atoms with Crippen LogP contribution >= 0.6 is 24.0 Å². The third-order valence-corrected chi connectivity index (χ3v) is 4.28. The topological polar surface area (TPSA) is 91.5 Å². The van der Waals surface area contributed by atoms with Crippen LogP contribution in [0, 0.1) is 13.8 Å². The van der Waals surface area contributed by atoms with Gasteiger partial charge in [0.05, 0.1) is 18.8 Å². The molecule has 0 bridgehead atoms. The predicted molar refractivity (Wildman–Crippen MR) is 127 cm³/mol. The number of hydrogen-bond donors (Lipinski definition) is 3. The number of hydrogen-bond acceptors (Lipinski definition) is 4. The number of carbonyl (C=O) groups is 1. The van der Waals surface area contributed by atoms with Crippen molar-refractivity contribution in [1.29, 1.82) is 0 Å².